The lowest BCUT2D eigenvalue weighted by molar-refractivity contribution is 0.115. The Balaban J connectivity index is 1.78. The van der Waals surface area contributed by atoms with Gasteiger partial charge in [0.2, 0.25) is 0 Å². The molecule has 0 radical (unpaired) electrons. The van der Waals surface area contributed by atoms with Gasteiger partial charge in [-0.2, -0.15) is 14.6 Å². The Morgan fingerprint density at radius 2 is 2.08 bits per heavy atom. The molecule has 1 aromatic carbocycles. The third-order valence-electron chi connectivity index (χ3n) is 4.77. The van der Waals surface area contributed by atoms with Crippen LogP contribution in [0.3, 0.4) is 0 Å². The van der Waals surface area contributed by atoms with Crippen molar-refractivity contribution in [3.63, 3.8) is 0 Å². The minimum atomic E-state index is -0.297. The van der Waals surface area contributed by atoms with Gasteiger partial charge in [-0.15, -0.1) is 0 Å². The molecule has 1 saturated heterocycles. The Morgan fingerprint density at radius 3 is 2.88 bits per heavy atom. The quantitative estimate of drug-likeness (QED) is 0.801. The molecule has 3 aromatic rings. The summed E-state index contributed by atoms with van der Waals surface area (Å²) >= 11 is 0. The van der Waals surface area contributed by atoms with Crippen LogP contribution < -0.4 is 4.90 Å². The highest BCUT2D eigenvalue weighted by Crippen LogP contribution is 2.28. The van der Waals surface area contributed by atoms with Gasteiger partial charge in [0.05, 0.1) is 11.8 Å². The molecule has 4 rings (SSSR count). The van der Waals surface area contributed by atoms with E-state index in [0.717, 1.165) is 43.0 Å². The van der Waals surface area contributed by atoms with Crippen molar-refractivity contribution in [3.05, 3.63) is 42.7 Å². The Hall–Kier alpha value is -2.47. The molecule has 0 spiro atoms. The normalized spacial score (nSPS) is 19.6. The molecule has 0 aliphatic carbocycles. The van der Waals surface area contributed by atoms with Gasteiger partial charge in [-0.25, -0.2) is 4.98 Å². The SMILES string of the molecule is CC(O)C1CCCN(c2cc(-c3ccccc3)nc3ncnn23)C1. The van der Waals surface area contributed by atoms with Crippen molar-refractivity contribution in [1.82, 2.24) is 19.6 Å². The first-order chi connectivity index (χ1) is 11.7. The van der Waals surface area contributed by atoms with Crippen molar-refractivity contribution in [1.29, 1.82) is 0 Å². The highest BCUT2D eigenvalue weighted by molar-refractivity contribution is 5.65. The summed E-state index contributed by atoms with van der Waals surface area (Å²) in [5.74, 6) is 1.87. The zero-order chi connectivity index (χ0) is 16.5. The van der Waals surface area contributed by atoms with Gasteiger partial charge in [0.25, 0.3) is 5.78 Å². The third-order valence-corrected chi connectivity index (χ3v) is 4.77. The van der Waals surface area contributed by atoms with Crippen molar-refractivity contribution >= 4 is 11.6 Å². The van der Waals surface area contributed by atoms with Crippen LogP contribution in [0.4, 0.5) is 5.82 Å². The van der Waals surface area contributed by atoms with Crippen LogP contribution in [0.1, 0.15) is 19.8 Å². The van der Waals surface area contributed by atoms with Crippen molar-refractivity contribution in [2.75, 3.05) is 18.0 Å². The molecular weight excluding hydrogens is 302 g/mol. The lowest BCUT2D eigenvalue weighted by atomic mass is 9.93. The van der Waals surface area contributed by atoms with Crippen LogP contribution in [0, 0.1) is 5.92 Å². The maximum absolute atomic E-state index is 9.97. The molecule has 1 aliphatic rings. The summed E-state index contributed by atoms with van der Waals surface area (Å²) in [6.07, 6.45) is 3.37. The predicted octanol–water partition coefficient (Wildman–Crippen LogP) is 2.39. The maximum atomic E-state index is 9.97. The Labute approximate surface area is 140 Å². The fraction of sp³-hybridized carbons (Fsp3) is 0.389. The van der Waals surface area contributed by atoms with Crippen LogP contribution in [0.5, 0.6) is 0 Å². The highest BCUT2D eigenvalue weighted by Gasteiger charge is 2.25. The number of piperidine rings is 1. The van der Waals surface area contributed by atoms with E-state index in [1.54, 1.807) is 4.52 Å². The van der Waals surface area contributed by atoms with Crippen LogP contribution >= 0.6 is 0 Å². The molecule has 24 heavy (non-hydrogen) atoms. The van der Waals surface area contributed by atoms with Gasteiger partial charge >= 0.3 is 0 Å². The summed E-state index contributed by atoms with van der Waals surface area (Å²) in [7, 11) is 0. The molecule has 1 fully saturated rings. The van der Waals surface area contributed by atoms with Crippen molar-refractivity contribution in [3.8, 4) is 11.3 Å². The number of aliphatic hydroxyl groups excluding tert-OH is 1. The van der Waals surface area contributed by atoms with Crippen LogP contribution in [0.2, 0.25) is 0 Å². The van der Waals surface area contributed by atoms with Gasteiger partial charge in [-0.1, -0.05) is 30.3 Å². The smallest absolute Gasteiger partial charge is 0.254 e. The average molecular weight is 323 g/mol. The standard InChI is InChI=1S/C18H21N5O/c1-13(24)15-8-5-9-22(11-15)17-10-16(14-6-3-2-4-7-14)21-18-19-12-20-23(17)18/h2-4,6-7,10,12-13,15,24H,5,8-9,11H2,1H3. The largest absolute Gasteiger partial charge is 0.393 e. The second-order valence-electron chi connectivity index (χ2n) is 6.43. The molecule has 6 nitrogen and oxygen atoms in total. The zero-order valence-electron chi connectivity index (χ0n) is 13.7. The topological polar surface area (TPSA) is 66.5 Å². The fourth-order valence-electron chi connectivity index (χ4n) is 3.39. The van der Waals surface area contributed by atoms with E-state index in [9.17, 15) is 5.11 Å². The van der Waals surface area contributed by atoms with Crippen LogP contribution in [-0.4, -0.2) is 43.9 Å². The molecule has 2 unspecified atom stereocenters. The van der Waals surface area contributed by atoms with E-state index in [4.69, 9.17) is 0 Å². The molecule has 124 valence electrons. The molecular formula is C18H21N5O. The average Bonchev–Trinajstić information content (AvgIpc) is 3.10. The molecule has 1 N–H and O–H groups in total. The monoisotopic (exact) mass is 323 g/mol. The van der Waals surface area contributed by atoms with Crippen molar-refractivity contribution in [2.45, 2.75) is 25.9 Å². The summed E-state index contributed by atoms with van der Waals surface area (Å²) in [4.78, 5) is 11.2. The number of anilines is 1. The number of benzene rings is 1. The van der Waals surface area contributed by atoms with E-state index in [0.29, 0.717) is 5.78 Å². The third kappa shape index (κ3) is 2.73. The minimum absolute atomic E-state index is 0.283. The summed E-state index contributed by atoms with van der Waals surface area (Å²) in [5, 5.41) is 14.3. The number of hydrogen-bond donors (Lipinski definition) is 1. The molecule has 1 aliphatic heterocycles. The second kappa shape index (κ2) is 6.20. The number of rotatable bonds is 3. The van der Waals surface area contributed by atoms with Crippen molar-refractivity contribution in [2.24, 2.45) is 5.92 Å². The van der Waals surface area contributed by atoms with Crippen molar-refractivity contribution < 1.29 is 5.11 Å². The number of aromatic nitrogens is 4. The minimum Gasteiger partial charge on any atom is -0.393 e. The number of aliphatic hydroxyl groups is 1. The summed E-state index contributed by atoms with van der Waals surface area (Å²) in [5.41, 5.74) is 1.96. The molecule has 2 aromatic heterocycles. The van der Waals surface area contributed by atoms with Gasteiger partial charge < -0.3 is 10.0 Å². The lowest BCUT2D eigenvalue weighted by Crippen LogP contribution is -2.40. The van der Waals surface area contributed by atoms with Gasteiger partial charge in [-0.3, -0.25) is 0 Å². The zero-order valence-corrected chi connectivity index (χ0v) is 13.7. The van der Waals surface area contributed by atoms with E-state index in [-0.39, 0.29) is 12.0 Å². The number of fused-ring (bicyclic) bond motifs is 1. The molecule has 0 amide bonds. The summed E-state index contributed by atoms with van der Waals surface area (Å²) in [6.45, 7) is 3.66. The predicted molar refractivity (Wildman–Crippen MR) is 92.8 cm³/mol. The Morgan fingerprint density at radius 1 is 1.25 bits per heavy atom. The second-order valence-corrected chi connectivity index (χ2v) is 6.43. The van der Waals surface area contributed by atoms with Gasteiger partial charge in [0.1, 0.15) is 12.1 Å². The van der Waals surface area contributed by atoms with E-state index in [1.165, 1.54) is 6.33 Å². The van der Waals surface area contributed by atoms with E-state index in [1.807, 2.05) is 37.3 Å². The fourth-order valence-corrected chi connectivity index (χ4v) is 3.39. The van der Waals surface area contributed by atoms with Crippen LogP contribution in [0.15, 0.2) is 42.7 Å². The first-order valence-corrected chi connectivity index (χ1v) is 8.41. The Bertz CT molecular complexity index is 830. The summed E-state index contributed by atoms with van der Waals surface area (Å²) < 4.78 is 1.79. The number of hydrogen-bond acceptors (Lipinski definition) is 5. The van der Waals surface area contributed by atoms with Gasteiger partial charge in [0, 0.05) is 30.6 Å². The van der Waals surface area contributed by atoms with E-state index in [2.05, 4.69) is 26.0 Å². The van der Waals surface area contributed by atoms with E-state index >= 15 is 0 Å². The van der Waals surface area contributed by atoms with Gasteiger partial charge in [-0.05, 0) is 19.8 Å². The number of nitrogens with zero attached hydrogens (tertiary/aromatic N) is 5. The summed E-state index contributed by atoms with van der Waals surface area (Å²) in [6, 6.07) is 12.2. The molecule has 0 bridgehead atoms. The first-order valence-electron chi connectivity index (χ1n) is 8.41. The van der Waals surface area contributed by atoms with E-state index < -0.39 is 0 Å². The van der Waals surface area contributed by atoms with Crippen LogP contribution in [0.25, 0.3) is 17.0 Å². The maximum Gasteiger partial charge on any atom is 0.254 e. The van der Waals surface area contributed by atoms with Crippen LogP contribution in [-0.2, 0) is 0 Å². The molecule has 2 atom stereocenters. The highest BCUT2D eigenvalue weighted by atomic mass is 16.3. The first kappa shape index (κ1) is 15.1. The lowest BCUT2D eigenvalue weighted by Gasteiger charge is -2.35. The Kier molecular flexibility index (Phi) is 3.90. The van der Waals surface area contributed by atoms with Gasteiger partial charge in [0.15, 0.2) is 0 Å². The molecule has 3 heterocycles. The molecule has 6 heteroatoms. The molecule has 0 saturated carbocycles.